The maximum atomic E-state index is 12.8. The van der Waals surface area contributed by atoms with Crippen molar-refractivity contribution < 1.29 is 17.4 Å². The molecule has 0 bridgehead atoms. The first-order valence-corrected chi connectivity index (χ1v) is 4.51. The predicted octanol–water partition coefficient (Wildman–Crippen LogP) is 0.601. The van der Waals surface area contributed by atoms with Gasteiger partial charge in [-0.1, -0.05) is 0 Å². The number of rotatable bonds is 1. The van der Waals surface area contributed by atoms with Gasteiger partial charge in [-0.05, 0) is 18.2 Å². The normalized spacial score (nSPS) is 10.8. The molecule has 1 aromatic rings. The zero-order valence-corrected chi connectivity index (χ0v) is 7.01. The standard InChI is InChI=1S/C7H4FNO3S/c8-6-3-5(4-9)1-2-7(6)13(10,11)12/h1-3H,(H,10,11,12)/p-1. The molecule has 4 nitrogen and oxygen atoms in total. The van der Waals surface area contributed by atoms with Crippen LogP contribution in [-0.2, 0) is 10.1 Å². The number of benzene rings is 1. The number of nitrogens with zero attached hydrogens (tertiary/aromatic N) is 1. The van der Waals surface area contributed by atoms with Gasteiger partial charge in [-0.25, -0.2) is 12.8 Å². The first-order chi connectivity index (χ1) is 5.95. The van der Waals surface area contributed by atoms with E-state index in [-0.39, 0.29) is 5.56 Å². The van der Waals surface area contributed by atoms with E-state index in [1.165, 1.54) is 0 Å². The number of halogens is 1. The Kier molecular flexibility index (Phi) is 2.32. The summed E-state index contributed by atoms with van der Waals surface area (Å²) in [5, 5.41) is 8.31. The lowest BCUT2D eigenvalue weighted by Crippen LogP contribution is -2.01. The zero-order valence-electron chi connectivity index (χ0n) is 6.19. The van der Waals surface area contributed by atoms with E-state index in [0.717, 1.165) is 12.1 Å². The van der Waals surface area contributed by atoms with Crippen LogP contribution in [0.15, 0.2) is 23.1 Å². The molecule has 0 amide bonds. The van der Waals surface area contributed by atoms with Crippen molar-refractivity contribution in [3.05, 3.63) is 29.6 Å². The van der Waals surface area contributed by atoms with E-state index in [2.05, 4.69) is 0 Å². The van der Waals surface area contributed by atoms with Crippen molar-refractivity contribution in [2.75, 3.05) is 0 Å². The van der Waals surface area contributed by atoms with Crippen LogP contribution >= 0.6 is 0 Å². The maximum absolute atomic E-state index is 12.8. The molecule has 0 heterocycles. The molecular weight excluding hydrogens is 197 g/mol. The van der Waals surface area contributed by atoms with E-state index in [1.807, 2.05) is 0 Å². The molecule has 0 aliphatic carbocycles. The average Bonchev–Trinajstić information content (AvgIpc) is 2.01. The molecule has 1 rings (SSSR count). The molecule has 0 aliphatic heterocycles. The van der Waals surface area contributed by atoms with E-state index in [9.17, 15) is 17.4 Å². The molecule has 0 aliphatic rings. The molecule has 0 N–H and O–H groups in total. The minimum atomic E-state index is -4.79. The van der Waals surface area contributed by atoms with Crippen LogP contribution in [0.1, 0.15) is 5.56 Å². The summed E-state index contributed by atoms with van der Waals surface area (Å²) in [6.45, 7) is 0. The Morgan fingerprint density at radius 1 is 1.46 bits per heavy atom. The third kappa shape index (κ3) is 2.02. The number of hydrogen-bond acceptors (Lipinski definition) is 4. The second-order valence-corrected chi connectivity index (χ2v) is 3.56. The van der Waals surface area contributed by atoms with Gasteiger partial charge in [0, 0.05) is 0 Å². The summed E-state index contributed by atoms with van der Waals surface area (Å²) in [4.78, 5) is -0.938. The molecule has 1 aromatic carbocycles. The lowest BCUT2D eigenvalue weighted by atomic mass is 10.2. The number of hydrogen-bond donors (Lipinski definition) is 0. The van der Waals surface area contributed by atoms with Gasteiger partial charge in [0.25, 0.3) is 0 Å². The smallest absolute Gasteiger partial charge is 0.142 e. The van der Waals surface area contributed by atoms with Gasteiger partial charge in [0.05, 0.1) is 16.5 Å². The van der Waals surface area contributed by atoms with Crippen molar-refractivity contribution >= 4 is 10.1 Å². The summed E-state index contributed by atoms with van der Waals surface area (Å²) in [5.41, 5.74) is -0.0371. The molecule has 0 spiro atoms. The van der Waals surface area contributed by atoms with E-state index >= 15 is 0 Å². The first-order valence-electron chi connectivity index (χ1n) is 3.10. The molecule has 0 fully saturated rings. The Bertz CT molecular complexity index is 475. The molecule has 6 heteroatoms. The highest BCUT2D eigenvalue weighted by Gasteiger charge is 2.08. The summed E-state index contributed by atoms with van der Waals surface area (Å²) >= 11 is 0. The Hall–Kier alpha value is -1.45. The van der Waals surface area contributed by atoms with Gasteiger partial charge in [-0.15, -0.1) is 0 Å². The molecule has 0 aromatic heterocycles. The van der Waals surface area contributed by atoms with Crippen molar-refractivity contribution in [2.45, 2.75) is 4.90 Å². The highest BCUT2D eigenvalue weighted by atomic mass is 32.2. The van der Waals surface area contributed by atoms with Crippen molar-refractivity contribution in [1.29, 1.82) is 5.26 Å². The Morgan fingerprint density at radius 2 is 2.08 bits per heavy atom. The molecule has 0 unspecified atom stereocenters. The third-order valence-corrected chi connectivity index (χ3v) is 2.20. The van der Waals surface area contributed by atoms with Crippen LogP contribution in [0, 0.1) is 17.1 Å². The fraction of sp³-hybridized carbons (Fsp3) is 0. The zero-order chi connectivity index (χ0) is 10.1. The van der Waals surface area contributed by atoms with E-state index in [1.54, 1.807) is 6.07 Å². The quantitative estimate of drug-likeness (QED) is 0.621. The van der Waals surface area contributed by atoms with Gasteiger partial charge in [0.2, 0.25) is 0 Å². The third-order valence-electron chi connectivity index (χ3n) is 1.33. The summed E-state index contributed by atoms with van der Waals surface area (Å²) in [7, 11) is -4.79. The lowest BCUT2D eigenvalue weighted by Gasteiger charge is -2.07. The number of nitriles is 1. The molecular formula is C7H3FNO3S-. The largest absolute Gasteiger partial charge is 0.744 e. The van der Waals surface area contributed by atoms with Crippen molar-refractivity contribution in [3.8, 4) is 6.07 Å². The van der Waals surface area contributed by atoms with E-state index in [4.69, 9.17) is 5.26 Å². The molecule has 13 heavy (non-hydrogen) atoms. The van der Waals surface area contributed by atoms with Crippen LogP contribution in [0.2, 0.25) is 0 Å². The topological polar surface area (TPSA) is 81.0 Å². The minimum absolute atomic E-state index is 0.0371. The van der Waals surface area contributed by atoms with Crippen LogP contribution in [0.5, 0.6) is 0 Å². The van der Waals surface area contributed by atoms with Crippen molar-refractivity contribution in [2.24, 2.45) is 0 Å². The monoisotopic (exact) mass is 200 g/mol. The van der Waals surface area contributed by atoms with E-state index < -0.39 is 20.8 Å². The maximum Gasteiger partial charge on any atom is 0.142 e. The van der Waals surface area contributed by atoms with Gasteiger partial charge < -0.3 is 4.55 Å². The van der Waals surface area contributed by atoms with Crippen LogP contribution in [-0.4, -0.2) is 13.0 Å². The fourth-order valence-corrected chi connectivity index (χ4v) is 1.31. The highest BCUT2D eigenvalue weighted by molar-refractivity contribution is 7.85. The van der Waals surface area contributed by atoms with Gasteiger partial charge in [0.1, 0.15) is 15.9 Å². The SMILES string of the molecule is N#Cc1ccc(S(=O)(=O)[O-])c(F)c1. The molecule has 0 saturated heterocycles. The van der Waals surface area contributed by atoms with Crippen LogP contribution in [0.25, 0.3) is 0 Å². The first kappa shape index (κ1) is 9.64. The summed E-state index contributed by atoms with van der Waals surface area (Å²) in [6, 6.07) is 4.15. The fourth-order valence-electron chi connectivity index (χ4n) is 0.773. The molecule has 68 valence electrons. The molecule has 0 saturated carbocycles. The highest BCUT2D eigenvalue weighted by Crippen LogP contribution is 2.14. The Balaban J connectivity index is 3.40. The molecule has 0 atom stereocenters. The van der Waals surface area contributed by atoms with Crippen molar-refractivity contribution in [1.82, 2.24) is 0 Å². The Morgan fingerprint density at radius 3 is 2.46 bits per heavy atom. The minimum Gasteiger partial charge on any atom is -0.744 e. The second kappa shape index (κ2) is 3.12. The summed E-state index contributed by atoms with van der Waals surface area (Å²) in [5.74, 6) is -1.20. The van der Waals surface area contributed by atoms with Crippen molar-refractivity contribution in [3.63, 3.8) is 0 Å². The van der Waals surface area contributed by atoms with Crippen LogP contribution in [0.3, 0.4) is 0 Å². The molecule has 0 radical (unpaired) electrons. The summed E-state index contributed by atoms with van der Waals surface area (Å²) < 4.78 is 43.9. The van der Waals surface area contributed by atoms with Crippen LogP contribution < -0.4 is 0 Å². The van der Waals surface area contributed by atoms with Gasteiger partial charge in [-0.2, -0.15) is 5.26 Å². The summed E-state index contributed by atoms with van der Waals surface area (Å²) in [6.07, 6.45) is 0. The van der Waals surface area contributed by atoms with Gasteiger partial charge in [0.15, 0.2) is 0 Å². The lowest BCUT2D eigenvalue weighted by molar-refractivity contribution is 0.455. The predicted molar refractivity (Wildman–Crippen MR) is 39.1 cm³/mol. The Labute approximate surface area is 74.0 Å². The van der Waals surface area contributed by atoms with Gasteiger partial charge >= 0.3 is 0 Å². The van der Waals surface area contributed by atoms with Crippen LogP contribution in [0.4, 0.5) is 4.39 Å². The second-order valence-electron chi connectivity index (χ2n) is 2.21. The van der Waals surface area contributed by atoms with E-state index in [0.29, 0.717) is 6.07 Å². The van der Waals surface area contributed by atoms with Gasteiger partial charge in [-0.3, -0.25) is 0 Å². The average molecular weight is 200 g/mol.